The molecule has 1 aliphatic carbocycles. The van der Waals surface area contributed by atoms with Gasteiger partial charge < -0.3 is 25.3 Å². The van der Waals surface area contributed by atoms with E-state index in [0.717, 1.165) is 67.0 Å². The topological polar surface area (TPSA) is 150 Å². The fourth-order valence-electron chi connectivity index (χ4n) is 7.07. The maximum Gasteiger partial charge on any atom is 0.356 e. The summed E-state index contributed by atoms with van der Waals surface area (Å²) in [4.78, 5) is 53.9. The van der Waals surface area contributed by atoms with Gasteiger partial charge in [0.05, 0.1) is 65.2 Å². The molecule has 49 heavy (non-hydrogen) atoms. The summed E-state index contributed by atoms with van der Waals surface area (Å²) in [6, 6.07) is 15.3. The van der Waals surface area contributed by atoms with Crippen molar-refractivity contribution in [3.05, 3.63) is 88.4 Å². The van der Waals surface area contributed by atoms with Gasteiger partial charge in [0.2, 0.25) is 5.91 Å². The lowest BCUT2D eigenvalue weighted by Crippen LogP contribution is -2.36. The summed E-state index contributed by atoms with van der Waals surface area (Å²) in [5.74, 6) is -0.0314. The lowest BCUT2D eigenvalue weighted by Gasteiger charge is -2.35. The first-order chi connectivity index (χ1) is 23.9. The number of aromatic amines is 1. The highest BCUT2D eigenvalue weighted by molar-refractivity contribution is 6.00. The zero-order chi connectivity index (χ0) is 33.6. The predicted octanol–water partition coefficient (Wildman–Crippen LogP) is 4.85. The number of nitrogens with zero attached hydrogens (tertiary/aromatic N) is 6. The minimum atomic E-state index is -0.428. The van der Waals surface area contributed by atoms with E-state index < -0.39 is 5.97 Å². The van der Waals surface area contributed by atoms with Crippen molar-refractivity contribution < 1.29 is 14.3 Å². The summed E-state index contributed by atoms with van der Waals surface area (Å²) in [5, 5.41) is 11.8. The number of piperidine rings is 1. The fraction of sp³-hybridized carbons (Fsp3) is 0.333. The third-order valence-electron chi connectivity index (χ3n) is 9.68. The summed E-state index contributed by atoms with van der Waals surface area (Å²) >= 11 is 0. The average molecular weight is 660 g/mol. The van der Waals surface area contributed by atoms with Gasteiger partial charge in [-0.15, -0.1) is 0 Å². The molecule has 3 N–H and O–H groups in total. The average Bonchev–Trinajstić information content (AvgIpc) is 3.88. The van der Waals surface area contributed by atoms with Gasteiger partial charge in [0.1, 0.15) is 11.5 Å². The Labute approximate surface area is 282 Å². The Morgan fingerprint density at radius 2 is 1.82 bits per heavy atom. The van der Waals surface area contributed by atoms with Crippen LogP contribution in [0, 0.1) is 5.92 Å². The number of hydrogen-bond donors (Lipinski definition) is 3. The van der Waals surface area contributed by atoms with E-state index in [1.807, 2.05) is 30.5 Å². The number of esters is 1. The predicted molar refractivity (Wildman–Crippen MR) is 186 cm³/mol. The van der Waals surface area contributed by atoms with Gasteiger partial charge >= 0.3 is 5.97 Å². The van der Waals surface area contributed by atoms with Gasteiger partial charge in [-0.25, -0.2) is 14.8 Å². The number of nitrogens with one attached hydrogen (secondary N) is 3. The van der Waals surface area contributed by atoms with Crippen molar-refractivity contribution in [1.29, 1.82) is 0 Å². The highest BCUT2D eigenvalue weighted by atomic mass is 16.5. The maximum absolute atomic E-state index is 13.0. The quantitative estimate of drug-likeness (QED) is 0.197. The Hall–Kier alpha value is -5.56. The molecule has 0 radical (unpaired) electrons. The van der Waals surface area contributed by atoms with Gasteiger partial charge in [-0.3, -0.25) is 19.2 Å². The standard InChI is InChI=1S/C36H37N9O4/c1-43-20-30-25(18-38-45(30)23-12-15-44(16-13-23)19-22-5-3-8-28(39-22)36(48)49-2)24-6-4-7-27(33(24)43)40-29-17-31(42-34(46)21-9-10-21)41-26-11-14-37-35(47)32(26)29/h3-8,11,14,17-18,21,23H,9-10,12-13,15-16,19-20H2,1-2H3,(H,37,47)(H2,40,41,42,46). The highest BCUT2D eigenvalue weighted by Crippen LogP contribution is 2.45. The van der Waals surface area contributed by atoms with Gasteiger partial charge in [0.15, 0.2) is 0 Å². The second-order valence-corrected chi connectivity index (χ2v) is 13.0. The molecular weight excluding hydrogens is 622 g/mol. The first kappa shape index (κ1) is 30.8. The van der Waals surface area contributed by atoms with E-state index in [1.54, 1.807) is 24.4 Å². The van der Waals surface area contributed by atoms with E-state index in [0.29, 0.717) is 41.2 Å². The molecule has 250 valence electrons. The van der Waals surface area contributed by atoms with E-state index in [2.05, 4.69) is 53.2 Å². The number of methoxy groups -OCH3 is 1. The smallest absolute Gasteiger partial charge is 0.356 e. The molecule has 1 saturated heterocycles. The molecule has 6 heterocycles. The number of anilines is 4. The number of likely N-dealkylation sites (tertiary alicyclic amines) is 1. The number of carbonyl (C=O) groups is 2. The Kier molecular flexibility index (Phi) is 7.83. The van der Waals surface area contributed by atoms with Crippen molar-refractivity contribution in [1.82, 2.24) is 29.6 Å². The van der Waals surface area contributed by atoms with Crippen LogP contribution in [-0.2, 0) is 22.6 Å². The molecule has 13 nitrogen and oxygen atoms in total. The molecule has 8 rings (SSSR count). The fourth-order valence-corrected chi connectivity index (χ4v) is 7.07. The number of carbonyl (C=O) groups excluding carboxylic acids is 2. The monoisotopic (exact) mass is 659 g/mol. The van der Waals surface area contributed by atoms with Crippen LogP contribution < -0.4 is 21.1 Å². The van der Waals surface area contributed by atoms with E-state index >= 15 is 0 Å². The highest BCUT2D eigenvalue weighted by Gasteiger charge is 2.32. The van der Waals surface area contributed by atoms with E-state index in [1.165, 1.54) is 12.8 Å². The van der Waals surface area contributed by atoms with Crippen LogP contribution in [0.2, 0.25) is 0 Å². The molecule has 1 amide bonds. The molecule has 0 bridgehead atoms. The Morgan fingerprint density at radius 1 is 1.00 bits per heavy atom. The van der Waals surface area contributed by atoms with E-state index in [9.17, 15) is 14.4 Å². The Morgan fingerprint density at radius 3 is 2.61 bits per heavy atom. The molecular formula is C36H37N9O4. The Bertz CT molecular complexity index is 2150. The largest absolute Gasteiger partial charge is 0.464 e. The summed E-state index contributed by atoms with van der Waals surface area (Å²) in [6.07, 6.45) is 7.21. The lowest BCUT2D eigenvalue weighted by atomic mass is 9.97. The first-order valence-electron chi connectivity index (χ1n) is 16.6. The molecule has 5 aromatic rings. The summed E-state index contributed by atoms with van der Waals surface area (Å²) in [7, 11) is 3.44. The number of rotatable bonds is 8. The molecule has 4 aromatic heterocycles. The second kappa shape index (κ2) is 12.5. The van der Waals surface area contributed by atoms with Crippen molar-refractivity contribution in [3.63, 3.8) is 0 Å². The van der Waals surface area contributed by atoms with Crippen LogP contribution >= 0.6 is 0 Å². The van der Waals surface area contributed by atoms with Crippen molar-refractivity contribution in [2.45, 2.75) is 44.8 Å². The van der Waals surface area contributed by atoms with E-state index in [4.69, 9.17) is 9.84 Å². The second-order valence-electron chi connectivity index (χ2n) is 13.0. The number of amides is 1. The van der Waals surface area contributed by atoms with Gasteiger partial charge in [-0.2, -0.15) is 5.10 Å². The molecule has 0 unspecified atom stereocenters. The minimum absolute atomic E-state index is 0.0277. The number of benzene rings is 1. The van der Waals surface area contributed by atoms with Crippen molar-refractivity contribution in [2.75, 3.05) is 42.8 Å². The van der Waals surface area contributed by atoms with Gasteiger partial charge in [0.25, 0.3) is 5.56 Å². The van der Waals surface area contributed by atoms with Crippen molar-refractivity contribution in [3.8, 4) is 11.1 Å². The molecule has 1 aromatic carbocycles. The number of hydrogen-bond acceptors (Lipinski definition) is 10. The van der Waals surface area contributed by atoms with Gasteiger partial charge in [-0.05, 0) is 49.9 Å². The van der Waals surface area contributed by atoms with Crippen molar-refractivity contribution >= 4 is 45.7 Å². The maximum atomic E-state index is 13.0. The molecule has 2 aliphatic heterocycles. The summed E-state index contributed by atoms with van der Waals surface area (Å²) in [6.45, 7) is 3.14. The summed E-state index contributed by atoms with van der Waals surface area (Å²) < 4.78 is 7.03. The van der Waals surface area contributed by atoms with Crippen LogP contribution in [0.25, 0.3) is 22.0 Å². The number of fused-ring (bicyclic) bond motifs is 4. The third kappa shape index (κ3) is 5.90. The normalized spacial score (nSPS) is 16.2. The van der Waals surface area contributed by atoms with E-state index in [-0.39, 0.29) is 23.4 Å². The molecule has 3 aliphatic rings. The SMILES string of the molecule is COC(=O)c1cccc(CN2CCC(n3ncc4c3CN(C)c3c(Nc5cc(NC(=O)C6CC6)nc6cc[nH]c(=O)c56)cccc3-4)CC2)n1. The van der Waals surface area contributed by atoms with Crippen molar-refractivity contribution in [2.24, 2.45) is 5.92 Å². The number of para-hydroxylation sites is 1. The molecule has 13 heteroatoms. The number of H-pyrrole nitrogens is 1. The molecule has 0 atom stereocenters. The molecule has 2 fully saturated rings. The zero-order valence-electron chi connectivity index (χ0n) is 27.4. The Balaban J connectivity index is 1.03. The first-order valence-corrected chi connectivity index (χ1v) is 16.6. The number of pyridine rings is 3. The van der Waals surface area contributed by atoms with Crippen LogP contribution in [0.15, 0.2) is 65.7 Å². The molecule has 0 spiro atoms. The van der Waals surface area contributed by atoms with Crippen LogP contribution in [0.3, 0.4) is 0 Å². The van der Waals surface area contributed by atoms with Crippen LogP contribution in [0.4, 0.5) is 22.9 Å². The lowest BCUT2D eigenvalue weighted by molar-refractivity contribution is -0.117. The number of ether oxygens (including phenoxy) is 1. The van der Waals surface area contributed by atoms with Gasteiger partial charge in [-0.1, -0.05) is 18.2 Å². The third-order valence-corrected chi connectivity index (χ3v) is 9.68. The summed E-state index contributed by atoms with van der Waals surface area (Å²) in [5.41, 5.74) is 7.16. The van der Waals surface area contributed by atoms with Crippen LogP contribution in [0.1, 0.15) is 53.6 Å². The number of aromatic nitrogens is 5. The van der Waals surface area contributed by atoms with Crippen LogP contribution in [-0.4, -0.2) is 68.8 Å². The molecule has 1 saturated carbocycles. The minimum Gasteiger partial charge on any atom is -0.464 e. The van der Waals surface area contributed by atoms with Gasteiger partial charge in [0, 0.05) is 56.0 Å². The zero-order valence-corrected chi connectivity index (χ0v) is 27.4. The van der Waals surface area contributed by atoms with Crippen LogP contribution in [0.5, 0.6) is 0 Å².